The summed E-state index contributed by atoms with van der Waals surface area (Å²) in [5.74, 6) is 0.0312. The molecule has 1 aliphatic carbocycles. The van der Waals surface area contributed by atoms with Crippen LogP contribution >= 0.6 is 24.0 Å². The van der Waals surface area contributed by atoms with E-state index in [0.29, 0.717) is 36.9 Å². The number of carbonyl (C=O) groups excluding carboxylic acids is 1. The van der Waals surface area contributed by atoms with E-state index >= 15 is 0 Å². The molecule has 1 saturated heterocycles. The molecule has 0 bridgehead atoms. The van der Waals surface area contributed by atoms with Gasteiger partial charge in [-0.3, -0.25) is 9.79 Å². The largest absolute Gasteiger partial charge is 0.356 e. The second kappa shape index (κ2) is 10.9. The molecule has 1 atom stereocenters. The summed E-state index contributed by atoms with van der Waals surface area (Å²) in [7, 11) is 1.69. The lowest BCUT2D eigenvalue weighted by Crippen LogP contribution is -2.45. The van der Waals surface area contributed by atoms with Crippen molar-refractivity contribution in [3.8, 4) is 0 Å². The third-order valence-electron chi connectivity index (χ3n) is 5.40. The predicted octanol–water partition coefficient (Wildman–Crippen LogP) is 3.08. The molecule has 156 valence electrons. The Morgan fingerprint density at radius 2 is 1.86 bits per heavy atom. The number of rotatable bonds is 5. The number of nitrogens with zero attached hydrogens (tertiary/aromatic N) is 2. The van der Waals surface area contributed by atoms with Gasteiger partial charge < -0.3 is 15.5 Å². The summed E-state index contributed by atoms with van der Waals surface area (Å²) in [6.07, 6.45) is 5.77. The highest BCUT2D eigenvalue weighted by atomic mass is 127. The molecule has 1 heterocycles. The Morgan fingerprint density at radius 3 is 2.50 bits per heavy atom. The number of halogens is 3. The summed E-state index contributed by atoms with van der Waals surface area (Å²) >= 11 is 0. The third-order valence-corrected chi connectivity index (χ3v) is 5.40. The highest BCUT2D eigenvalue weighted by Crippen LogP contribution is 2.27. The standard InChI is InChI=1S/C20H28F2N4O.HI/c1-23-20(24-8-6-14-10-16(21)12-17(22)11-14)25-18-7-9-26(13-18)19(27)15-4-2-3-5-15;/h10-12,15,18H,2-9,13H2,1H3,(H2,23,24,25);1H. The predicted molar refractivity (Wildman–Crippen MR) is 117 cm³/mol. The van der Waals surface area contributed by atoms with Crippen molar-refractivity contribution < 1.29 is 13.6 Å². The quantitative estimate of drug-likeness (QED) is 0.367. The van der Waals surface area contributed by atoms with Gasteiger partial charge in [0.2, 0.25) is 5.91 Å². The van der Waals surface area contributed by atoms with E-state index in [1.54, 1.807) is 7.05 Å². The molecule has 0 spiro atoms. The Bertz CT molecular complexity index is 675. The normalized spacial score (nSPS) is 20.2. The number of benzene rings is 1. The molecule has 1 aromatic carbocycles. The molecule has 5 nitrogen and oxygen atoms in total. The van der Waals surface area contributed by atoms with Gasteiger partial charge in [-0.25, -0.2) is 8.78 Å². The third kappa shape index (κ3) is 6.28. The summed E-state index contributed by atoms with van der Waals surface area (Å²) in [5.41, 5.74) is 0.602. The Balaban J connectivity index is 0.00000280. The van der Waals surface area contributed by atoms with Crippen molar-refractivity contribution in [2.75, 3.05) is 26.7 Å². The van der Waals surface area contributed by atoms with Crippen LogP contribution in [0.5, 0.6) is 0 Å². The van der Waals surface area contributed by atoms with Crippen LogP contribution in [0.4, 0.5) is 8.78 Å². The summed E-state index contributed by atoms with van der Waals surface area (Å²) in [5, 5.41) is 6.52. The number of amides is 1. The van der Waals surface area contributed by atoms with Crippen molar-refractivity contribution in [2.45, 2.75) is 44.6 Å². The second-order valence-electron chi connectivity index (χ2n) is 7.42. The SMILES string of the molecule is CN=C(NCCc1cc(F)cc(F)c1)NC1CCN(C(=O)C2CCCC2)C1.I. The number of aliphatic imine (C=N–C) groups is 1. The van der Waals surface area contributed by atoms with Gasteiger partial charge in [0.25, 0.3) is 0 Å². The van der Waals surface area contributed by atoms with E-state index < -0.39 is 11.6 Å². The maximum Gasteiger partial charge on any atom is 0.225 e. The first-order valence-corrected chi connectivity index (χ1v) is 9.76. The van der Waals surface area contributed by atoms with E-state index in [-0.39, 0.29) is 35.9 Å². The zero-order chi connectivity index (χ0) is 19.2. The van der Waals surface area contributed by atoms with Crippen molar-refractivity contribution in [1.29, 1.82) is 0 Å². The van der Waals surface area contributed by atoms with Crippen molar-refractivity contribution in [1.82, 2.24) is 15.5 Å². The Hall–Kier alpha value is -1.45. The monoisotopic (exact) mass is 506 g/mol. The zero-order valence-corrected chi connectivity index (χ0v) is 18.5. The minimum atomic E-state index is -0.564. The summed E-state index contributed by atoms with van der Waals surface area (Å²) in [4.78, 5) is 18.7. The first-order chi connectivity index (χ1) is 13.0. The lowest BCUT2D eigenvalue weighted by molar-refractivity contribution is -0.134. The molecule has 0 radical (unpaired) electrons. The molecule has 1 saturated carbocycles. The maximum atomic E-state index is 13.2. The zero-order valence-electron chi connectivity index (χ0n) is 16.2. The smallest absolute Gasteiger partial charge is 0.225 e. The average Bonchev–Trinajstić information content (AvgIpc) is 3.31. The van der Waals surface area contributed by atoms with Gasteiger partial charge in [-0.1, -0.05) is 12.8 Å². The summed E-state index contributed by atoms with van der Waals surface area (Å²) < 4.78 is 26.5. The molecule has 1 unspecified atom stereocenters. The Morgan fingerprint density at radius 1 is 1.18 bits per heavy atom. The van der Waals surface area contributed by atoms with Gasteiger partial charge in [-0.2, -0.15) is 0 Å². The second-order valence-corrected chi connectivity index (χ2v) is 7.42. The molecule has 2 fully saturated rings. The first-order valence-electron chi connectivity index (χ1n) is 9.76. The molecule has 1 amide bonds. The van der Waals surface area contributed by atoms with Crippen molar-refractivity contribution in [3.63, 3.8) is 0 Å². The maximum absolute atomic E-state index is 13.2. The highest BCUT2D eigenvalue weighted by Gasteiger charge is 2.32. The van der Waals surface area contributed by atoms with E-state index in [9.17, 15) is 13.6 Å². The van der Waals surface area contributed by atoms with Gasteiger partial charge in [-0.05, 0) is 43.4 Å². The molecule has 3 rings (SSSR count). The van der Waals surface area contributed by atoms with E-state index in [4.69, 9.17) is 0 Å². The van der Waals surface area contributed by atoms with Crippen LogP contribution in [-0.2, 0) is 11.2 Å². The van der Waals surface area contributed by atoms with Gasteiger partial charge in [-0.15, -0.1) is 24.0 Å². The van der Waals surface area contributed by atoms with E-state index in [1.807, 2.05) is 4.90 Å². The fraction of sp³-hybridized carbons (Fsp3) is 0.600. The van der Waals surface area contributed by atoms with Crippen LogP contribution in [0.15, 0.2) is 23.2 Å². The number of carbonyl (C=O) groups is 1. The van der Waals surface area contributed by atoms with Crippen LogP contribution in [0.1, 0.15) is 37.7 Å². The van der Waals surface area contributed by atoms with Crippen molar-refractivity contribution in [2.24, 2.45) is 10.9 Å². The molecular formula is C20H29F2IN4O. The minimum Gasteiger partial charge on any atom is -0.356 e. The van der Waals surface area contributed by atoms with Gasteiger partial charge in [0.1, 0.15) is 11.6 Å². The molecular weight excluding hydrogens is 477 g/mol. The van der Waals surface area contributed by atoms with Crippen LogP contribution in [0.3, 0.4) is 0 Å². The number of hydrogen-bond acceptors (Lipinski definition) is 2. The lowest BCUT2D eigenvalue weighted by Gasteiger charge is -2.21. The van der Waals surface area contributed by atoms with Crippen LogP contribution in [-0.4, -0.2) is 49.5 Å². The summed E-state index contributed by atoms with van der Waals surface area (Å²) in [6.45, 7) is 2.00. The number of guanidine groups is 1. The van der Waals surface area contributed by atoms with Crippen molar-refractivity contribution in [3.05, 3.63) is 35.4 Å². The Kier molecular flexibility index (Phi) is 8.91. The van der Waals surface area contributed by atoms with Crippen LogP contribution in [0, 0.1) is 17.6 Å². The molecule has 8 heteroatoms. The van der Waals surface area contributed by atoms with Gasteiger partial charge >= 0.3 is 0 Å². The van der Waals surface area contributed by atoms with Gasteiger partial charge in [0.15, 0.2) is 5.96 Å². The molecule has 28 heavy (non-hydrogen) atoms. The molecule has 1 aliphatic heterocycles. The molecule has 1 aromatic rings. The number of hydrogen-bond donors (Lipinski definition) is 2. The fourth-order valence-electron chi connectivity index (χ4n) is 3.98. The van der Waals surface area contributed by atoms with Gasteiger partial charge in [0.05, 0.1) is 0 Å². The fourth-order valence-corrected chi connectivity index (χ4v) is 3.98. The number of nitrogens with one attached hydrogen (secondary N) is 2. The molecule has 2 N–H and O–H groups in total. The van der Waals surface area contributed by atoms with Crippen molar-refractivity contribution >= 4 is 35.8 Å². The Labute approximate surface area is 182 Å². The van der Waals surface area contributed by atoms with Crippen LogP contribution in [0.25, 0.3) is 0 Å². The minimum absolute atomic E-state index is 0. The topological polar surface area (TPSA) is 56.7 Å². The van der Waals surface area contributed by atoms with E-state index in [0.717, 1.165) is 44.7 Å². The van der Waals surface area contributed by atoms with Gasteiger partial charge in [0, 0.05) is 44.7 Å². The molecule has 2 aliphatic rings. The first kappa shape index (κ1) is 22.8. The lowest BCUT2D eigenvalue weighted by atomic mass is 10.1. The highest BCUT2D eigenvalue weighted by molar-refractivity contribution is 14.0. The van der Waals surface area contributed by atoms with Crippen LogP contribution < -0.4 is 10.6 Å². The van der Waals surface area contributed by atoms with E-state index in [2.05, 4.69) is 15.6 Å². The molecule has 0 aromatic heterocycles. The van der Waals surface area contributed by atoms with Crippen LogP contribution in [0.2, 0.25) is 0 Å². The number of likely N-dealkylation sites (tertiary alicyclic amines) is 1. The average molecular weight is 506 g/mol. The van der Waals surface area contributed by atoms with E-state index in [1.165, 1.54) is 12.1 Å². The summed E-state index contributed by atoms with van der Waals surface area (Å²) in [6, 6.07) is 3.72.